The Bertz CT molecular complexity index is 972. The van der Waals surface area contributed by atoms with E-state index in [1.54, 1.807) is 38.1 Å². The number of nitrogens with one attached hydrogen (secondary N) is 1. The van der Waals surface area contributed by atoms with Crippen LogP contribution in [0.15, 0.2) is 53.4 Å². The van der Waals surface area contributed by atoms with Gasteiger partial charge in [0.1, 0.15) is 0 Å². The molecule has 2 aromatic rings. The average Bonchev–Trinajstić information content (AvgIpc) is 2.60. The number of hydrogen-bond acceptors (Lipinski definition) is 5. The maximum Gasteiger partial charge on any atom is 0.308 e. The highest BCUT2D eigenvalue weighted by Crippen LogP contribution is 2.26. The van der Waals surface area contributed by atoms with Crippen molar-refractivity contribution in [2.75, 3.05) is 6.26 Å². The van der Waals surface area contributed by atoms with Crippen LogP contribution in [-0.2, 0) is 19.4 Å². The lowest BCUT2D eigenvalue weighted by molar-refractivity contribution is -0.147. The minimum atomic E-state index is -3.45. The SMILES string of the molecule is CC(C)OC(=O)C[C@H](NC(=O)c1cccc(S(C)(=O)=O)c1)c1ccccc1Cl. The van der Waals surface area contributed by atoms with E-state index in [9.17, 15) is 18.0 Å². The molecule has 0 bridgehead atoms. The summed E-state index contributed by atoms with van der Waals surface area (Å²) in [5.74, 6) is -1.00. The predicted molar refractivity (Wildman–Crippen MR) is 107 cm³/mol. The summed E-state index contributed by atoms with van der Waals surface area (Å²) >= 11 is 6.24. The average molecular weight is 424 g/mol. The van der Waals surface area contributed by atoms with Crippen molar-refractivity contribution in [3.63, 3.8) is 0 Å². The Kier molecular flexibility index (Phi) is 7.21. The minimum Gasteiger partial charge on any atom is -0.463 e. The van der Waals surface area contributed by atoms with Gasteiger partial charge in [0.05, 0.1) is 23.5 Å². The zero-order valence-corrected chi connectivity index (χ0v) is 17.4. The van der Waals surface area contributed by atoms with Crippen LogP contribution in [0.4, 0.5) is 0 Å². The Balaban J connectivity index is 2.30. The standard InChI is InChI=1S/C20H22ClNO5S/c1-13(2)27-19(23)12-18(16-9-4-5-10-17(16)21)22-20(24)14-7-6-8-15(11-14)28(3,25)26/h4-11,13,18H,12H2,1-3H3,(H,22,24)/t18-/m0/s1. The van der Waals surface area contributed by atoms with Gasteiger partial charge in [-0.05, 0) is 43.7 Å². The van der Waals surface area contributed by atoms with Gasteiger partial charge in [0.2, 0.25) is 0 Å². The quantitative estimate of drug-likeness (QED) is 0.688. The lowest BCUT2D eigenvalue weighted by Crippen LogP contribution is -2.31. The normalized spacial score (nSPS) is 12.5. The van der Waals surface area contributed by atoms with Gasteiger partial charge < -0.3 is 10.1 Å². The number of benzene rings is 2. The summed E-state index contributed by atoms with van der Waals surface area (Å²) in [6.07, 6.45) is 0.666. The number of hydrogen-bond donors (Lipinski definition) is 1. The molecule has 0 fully saturated rings. The van der Waals surface area contributed by atoms with Gasteiger partial charge in [-0.25, -0.2) is 8.42 Å². The summed E-state index contributed by atoms with van der Waals surface area (Å²) in [4.78, 5) is 24.9. The number of ether oxygens (including phenoxy) is 1. The molecule has 6 nitrogen and oxygen atoms in total. The Labute approximate surface area is 169 Å². The van der Waals surface area contributed by atoms with Crippen molar-refractivity contribution in [1.29, 1.82) is 0 Å². The van der Waals surface area contributed by atoms with Crippen molar-refractivity contribution in [3.05, 3.63) is 64.7 Å². The summed E-state index contributed by atoms with van der Waals surface area (Å²) < 4.78 is 28.6. The van der Waals surface area contributed by atoms with Crippen molar-refractivity contribution in [3.8, 4) is 0 Å². The molecule has 1 amide bonds. The number of sulfone groups is 1. The predicted octanol–water partition coefficient (Wildman–Crippen LogP) is 3.56. The van der Waals surface area contributed by atoms with Gasteiger partial charge in [0.25, 0.3) is 5.91 Å². The van der Waals surface area contributed by atoms with E-state index in [4.69, 9.17) is 16.3 Å². The lowest BCUT2D eigenvalue weighted by atomic mass is 10.0. The molecule has 1 N–H and O–H groups in total. The molecule has 0 saturated heterocycles. The van der Waals surface area contributed by atoms with E-state index >= 15 is 0 Å². The summed E-state index contributed by atoms with van der Waals surface area (Å²) in [7, 11) is -3.45. The molecule has 150 valence electrons. The van der Waals surface area contributed by atoms with Crippen molar-refractivity contribution >= 4 is 33.3 Å². The number of rotatable bonds is 7. The van der Waals surface area contributed by atoms with Gasteiger partial charge in [-0.2, -0.15) is 0 Å². The van der Waals surface area contributed by atoms with Gasteiger partial charge in [-0.1, -0.05) is 35.9 Å². The zero-order chi connectivity index (χ0) is 20.9. The molecule has 0 aliphatic carbocycles. The number of amides is 1. The van der Waals surface area contributed by atoms with Crippen molar-refractivity contribution in [2.24, 2.45) is 0 Å². The largest absolute Gasteiger partial charge is 0.463 e. The molecule has 0 aliphatic heterocycles. The number of esters is 1. The smallest absolute Gasteiger partial charge is 0.308 e. The Morgan fingerprint density at radius 1 is 1.11 bits per heavy atom. The minimum absolute atomic E-state index is 0.0358. The first-order valence-electron chi connectivity index (χ1n) is 8.63. The van der Waals surface area contributed by atoms with Gasteiger partial charge in [0, 0.05) is 16.8 Å². The molecule has 0 unspecified atom stereocenters. The summed E-state index contributed by atoms with van der Waals surface area (Å²) in [5, 5.41) is 3.15. The Hall–Kier alpha value is -2.38. The van der Waals surface area contributed by atoms with Crippen molar-refractivity contribution in [1.82, 2.24) is 5.32 Å². The molecule has 0 heterocycles. The Morgan fingerprint density at radius 3 is 2.39 bits per heavy atom. The fraction of sp³-hybridized carbons (Fsp3) is 0.300. The molecular weight excluding hydrogens is 402 g/mol. The molecular formula is C20H22ClNO5S. The van der Waals surface area contributed by atoms with E-state index in [1.165, 1.54) is 24.3 Å². The maximum atomic E-state index is 12.7. The molecule has 0 aromatic heterocycles. The third kappa shape index (κ3) is 6.07. The molecule has 2 aromatic carbocycles. The number of halogens is 1. The highest BCUT2D eigenvalue weighted by atomic mass is 35.5. The molecule has 0 aliphatic rings. The van der Waals surface area contributed by atoms with E-state index in [0.717, 1.165) is 6.26 Å². The van der Waals surface area contributed by atoms with Gasteiger partial charge in [-0.3, -0.25) is 9.59 Å². The second-order valence-corrected chi connectivity index (χ2v) is 9.01. The molecule has 0 spiro atoms. The van der Waals surface area contributed by atoms with Crippen LogP contribution in [0.2, 0.25) is 5.02 Å². The summed E-state index contributed by atoms with van der Waals surface area (Å²) in [6, 6.07) is 11.8. The second-order valence-electron chi connectivity index (χ2n) is 6.59. The van der Waals surface area contributed by atoms with Crippen LogP contribution >= 0.6 is 11.6 Å². The molecule has 0 radical (unpaired) electrons. The summed E-state index contributed by atoms with van der Waals surface area (Å²) in [6.45, 7) is 3.47. The fourth-order valence-corrected chi connectivity index (χ4v) is 3.52. The first-order chi connectivity index (χ1) is 13.1. The monoisotopic (exact) mass is 423 g/mol. The molecule has 2 rings (SSSR count). The van der Waals surface area contributed by atoms with Crippen molar-refractivity contribution in [2.45, 2.75) is 37.3 Å². The highest BCUT2D eigenvalue weighted by Gasteiger charge is 2.23. The number of carbonyl (C=O) groups is 2. The van der Waals surface area contributed by atoms with Crippen LogP contribution in [0.1, 0.15) is 42.2 Å². The third-order valence-electron chi connectivity index (χ3n) is 3.85. The molecule has 28 heavy (non-hydrogen) atoms. The fourth-order valence-electron chi connectivity index (χ4n) is 2.58. The number of carbonyl (C=O) groups excluding carboxylic acids is 2. The van der Waals surface area contributed by atoms with Crippen LogP contribution in [0.5, 0.6) is 0 Å². The van der Waals surface area contributed by atoms with E-state index in [2.05, 4.69) is 5.32 Å². The highest BCUT2D eigenvalue weighted by molar-refractivity contribution is 7.90. The van der Waals surface area contributed by atoms with Crippen LogP contribution in [0.25, 0.3) is 0 Å². The van der Waals surface area contributed by atoms with Crippen LogP contribution in [0.3, 0.4) is 0 Å². The van der Waals surface area contributed by atoms with Crippen LogP contribution in [-0.4, -0.2) is 32.7 Å². The van der Waals surface area contributed by atoms with E-state index in [0.29, 0.717) is 10.6 Å². The first kappa shape index (κ1) is 21.9. The topological polar surface area (TPSA) is 89.5 Å². The van der Waals surface area contributed by atoms with Gasteiger partial charge >= 0.3 is 5.97 Å². The van der Waals surface area contributed by atoms with Gasteiger partial charge in [0.15, 0.2) is 9.84 Å². The third-order valence-corrected chi connectivity index (χ3v) is 5.30. The summed E-state index contributed by atoms with van der Waals surface area (Å²) in [5.41, 5.74) is 0.731. The van der Waals surface area contributed by atoms with Gasteiger partial charge in [-0.15, -0.1) is 0 Å². The van der Waals surface area contributed by atoms with Crippen LogP contribution in [0, 0.1) is 0 Å². The van der Waals surface area contributed by atoms with E-state index in [-0.39, 0.29) is 23.0 Å². The zero-order valence-electron chi connectivity index (χ0n) is 15.8. The van der Waals surface area contributed by atoms with E-state index in [1.807, 2.05) is 0 Å². The van der Waals surface area contributed by atoms with E-state index < -0.39 is 27.8 Å². The lowest BCUT2D eigenvalue weighted by Gasteiger charge is -2.20. The van der Waals surface area contributed by atoms with Crippen LogP contribution < -0.4 is 5.32 Å². The van der Waals surface area contributed by atoms with Crippen molar-refractivity contribution < 1.29 is 22.7 Å². The second kappa shape index (κ2) is 9.21. The molecule has 8 heteroatoms. The first-order valence-corrected chi connectivity index (χ1v) is 10.9. The molecule has 1 atom stereocenters. The molecule has 0 saturated carbocycles. The maximum absolute atomic E-state index is 12.7. The Morgan fingerprint density at radius 2 is 1.79 bits per heavy atom.